The van der Waals surface area contributed by atoms with Gasteiger partial charge < -0.3 is 4.42 Å². The molecule has 9 aromatic carbocycles. The van der Waals surface area contributed by atoms with E-state index in [1.54, 1.807) is 0 Å². The van der Waals surface area contributed by atoms with E-state index in [1.165, 1.54) is 11.1 Å². The van der Waals surface area contributed by atoms with E-state index in [0.717, 1.165) is 82.8 Å². The highest BCUT2D eigenvalue weighted by Crippen LogP contribution is 2.40. The van der Waals surface area contributed by atoms with Gasteiger partial charge in [-0.2, -0.15) is 0 Å². The minimum atomic E-state index is 0.576. The van der Waals surface area contributed by atoms with Crippen LogP contribution >= 0.6 is 0 Å². The normalized spacial score (nSPS) is 11.4. The van der Waals surface area contributed by atoms with Crippen LogP contribution in [-0.2, 0) is 0 Å². The van der Waals surface area contributed by atoms with E-state index in [4.69, 9.17) is 19.4 Å². The highest BCUT2D eigenvalue weighted by atomic mass is 16.3. The summed E-state index contributed by atoms with van der Waals surface area (Å²) < 4.78 is 6.60. The van der Waals surface area contributed by atoms with Gasteiger partial charge in [0.15, 0.2) is 17.5 Å². The second-order valence-corrected chi connectivity index (χ2v) is 14.8. The zero-order valence-electron chi connectivity index (χ0n) is 32.0. The number of rotatable bonds is 7. The second-order valence-electron chi connectivity index (χ2n) is 14.8. The van der Waals surface area contributed by atoms with E-state index in [1.807, 2.05) is 24.3 Å². The van der Waals surface area contributed by atoms with Crippen molar-refractivity contribution in [2.24, 2.45) is 0 Å². The molecule has 276 valence electrons. The molecule has 11 aromatic rings. The van der Waals surface area contributed by atoms with Crippen LogP contribution in [0, 0.1) is 0 Å². The first kappa shape index (κ1) is 34.3. The molecule has 4 heteroatoms. The number of nitrogens with zero attached hydrogens (tertiary/aromatic N) is 3. The summed E-state index contributed by atoms with van der Waals surface area (Å²) in [5, 5.41) is 4.34. The Kier molecular flexibility index (Phi) is 8.45. The smallest absolute Gasteiger partial charge is 0.164 e. The molecule has 11 rings (SSSR count). The van der Waals surface area contributed by atoms with Gasteiger partial charge in [0.2, 0.25) is 0 Å². The molecule has 0 fully saturated rings. The lowest BCUT2D eigenvalue weighted by Gasteiger charge is -2.13. The molecule has 0 radical (unpaired) electrons. The summed E-state index contributed by atoms with van der Waals surface area (Å²) in [5.74, 6) is 1.79. The summed E-state index contributed by atoms with van der Waals surface area (Å²) in [5.41, 5.74) is 13.6. The molecule has 0 aliphatic carbocycles. The first-order valence-corrected chi connectivity index (χ1v) is 19.8. The highest BCUT2D eigenvalue weighted by molar-refractivity contribution is 6.13. The second kappa shape index (κ2) is 14.5. The fraction of sp³-hybridized carbons (Fsp3) is 0. The number of benzene rings is 9. The lowest BCUT2D eigenvalue weighted by Crippen LogP contribution is -2.00. The average molecular weight is 754 g/mol. The zero-order valence-corrected chi connectivity index (χ0v) is 32.0. The molecule has 2 aromatic heterocycles. The molecule has 0 atom stereocenters. The van der Waals surface area contributed by atoms with Crippen molar-refractivity contribution in [3.63, 3.8) is 0 Å². The minimum absolute atomic E-state index is 0.576. The first-order chi connectivity index (χ1) is 29.2. The van der Waals surface area contributed by atoms with Crippen LogP contribution < -0.4 is 0 Å². The van der Waals surface area contributed by atoms with E-state index >= 15 is 0 Å². The summed E-state index contributed by atoms with van der Waals surface area (Å²) in [6.07, 6.45) is 0. The molecular formula is C55H35N3O. The maximum Gasteiger partial charge on any atom is 0.164 e. The molecular weight excluding hydrogens is 719 g/mol. The summed E-state index contributed by atoms with van der Waals surface area (Å²) in [6, 6.07) is 74.0. The molecule has 0 amide bonds. The third-order valence-corrected chi connectivity index (χ3v) is 11.2. The Bertz CT molecular complexity index is 3280. The molecule has 59 heavy (non-hydrogen) atoms. The van der Waals surface area contributed by atoms with E-state index in [2.05, 4.69) is 188 Å². The number of fused-ring (bicyclic) bond motifs is 4. The molecule has 0 saturated carbocycles. The third-order valence-electron chi connectivity index (χ3n) is 11.2. The largest absolute Gasteiger partial charge is 0.456 e. The summed E-state index contributed by atoms with van der Waals surface area (Å²) >= 11 is 0. The Hall–Kier alpha value is -7.95. The summed E-state index contributed by atoms with van der Waals surface area (Å²) in [6.45, 7) is 0. The van der Waals surface area contributed by atoms with Crippen LogP contribution in [0.5, 0.6) is 0 Å². The predicted octanol–water partition coefficient (Wildman–Crippen LogP) is 14.6. The quantitative estimate of drug-likeness (QED) is 0.163. The van der Waals surface area contributed by atoms with E-state index in [-0.39, 0.29) is 0 Å². The summed E-state index contributed by atoms with van der Waals surface area (Å²) in [4.78, 5) is 15.5. The van der Waals surface area contributed by atoms with Crippen molar-refractivity contribution in [3.05, 3.63) is 212 Å². The average Bonchev–Trinajstić information content (AvgIpc) is 3.70. The Morgan fingerprint density at radius 1 is 0.254 bits per heavy atom. The SMILES string of the molecule is c1ccc(-c2ccc(-c3nc(-c4ccc5c(c4)oc4cccc(-c6ccc(-c7ccccc7)cc6)c45)nc(-c4cccc5c(-c6ccccc6)cccc45)n3)cc2)cc1. The summed E-state index contributed by atoms with van der Waals surface area (Å²) in [7, 11) is 0. The standard InChI is InChI=1S/C55H35N3O/c1-4-13-36(14-5-1)38-25-29-41(30-26-38)45-20-12-24-50-52(45)49-34-33-43(35-51(49)59-50)54-56-53(42-31-27-39(28-32-42)37-15-6-2-7-16-37)57-55(58-54)48-23-11-21-46-44(19-10-22-47(46)48)40-17-8-3-9-18-40/h1-35H. The Morgan fingerprint density at radius 2 is 0.695 bits per heavy atom. The topological polar surface area (TPSA) is 51.8 Å². The van der Waals surface area contributed by atoms with E-state index in [9.17, 15) is 0 Å². The lowest BCUT2D eigenvalue weighted by molar-refractivity contribution is 0.669. The fourth-order valence-corrected chi connectivity index (χ4v) is 8.25. The number of furan rings is 1. The lowest BCUT2D eigenvalue weighted by atomic mass is 9.95. The molecule has 0 spiro atoms. The van der Waals surface area contributed by atoms with Gasteiger partial charge in [0.1, 0.15) is 11.2 Å². The van der Waals surface area contributed by atoms with Gasteiger partial charge in [-0.3, -0.25) is 0 Å². The van der Waals surface area contributed by atoms with Crippen LogP contribution in [0.25, 0.3) is 111 Å². The first-order valence-electron chi connectivity index (χ1n) is 19.8. The van der Waals surface area contributed by atoms with Gasteiger partial charge in [-0.15, -0.1) is 0 Å². The van der Waals surface area contributed by atoms with Gasteiger partial charge in [0.05, 0.1) is 0 Å². The van der Waals surface area contributed by atoms with Crippen molar-refractivity contribution in [1.29, 1.82) is 0 Å². The van der Waals surface area contributed by atoms with Gasteiger partial charge in [-0.05, 0) is 73.5 Å². The van der Waals surface area contributed by atoms with Crippen LogP contribution in [-0.4, -0.2) is 15.0 Å². The van der Waals surface area contributed by atoms with Crippen molar-refractivity contribution >= 4 is 32.7 Å². The molecule has 2 heterocycles. The van der Waals surface area contributed by atoms with Crippen LogP contribution in [0.4, 0.5) is 0 Å². The molecule has 0 bridgehead atoms. The van der Waals surface area contributed by atoms with Crippen molar-refractivity contribution < 1.29 is 4.42 Å². The maximum atomic E-state index is 6.60. The van der Waals surface area contributed by atoms with Gasteiger partial charge in [0, 0.05) is 27.5 Å². The van der Waals surface area contributed by atoms with Gasteiger partial charge in [-0.1, -0.05) is 194 Å². The Morgan fingerprint density at radius 3 is 1.34 bits per heavy atom. The van der Waals surface area contributed by atoms with Crippen LogP contribution in [0.3, 0.4) is 0 Å². The minimum Gasteiger partial charge on any atom is -0.456 e. The van der Waals surface area contributed by atoms with Crippen LogP contribution in [0.2, 0.25) is 0 Å². The van der Waals surface area contributed by atoms with Crippen LogP contribution in [0.15, 0.2) is 217 Å². The molecule has 0 unspecified atom stereocenters. The Labute approximate surface area is 341 Å². The Balaban J connectivity index is 1.04. The van der Waals surface area contributed by atoms with Crippen LogP contribution in [0.1, 0.15) is 0 Å². The van der Waals surface area contributed by atoms with Crippen molar-refractivity contribution in [3.8, 4) is 78.7 Å². The number of hydrogen-bond donors (Lipinski definition) is 0. The third kappa shape index (κ3) is 6.34. The number of hydrogen-bond acceptors (Lipinski definition) is 4. The highest BCUT2D eigenvalue weighted by Gasteiger charge is 2.18. The van der Waals surface area contributed by atoms with Gasteiger partial charge in [0.25, 0.3) is 0 Å². The van der Waals surface area contributed by atoms with E-state index in [0.29, 0.717) is 17.5 Å². The molecule has 0 N–H and O–H groups in total. The van der Waals surface area contributed by atoms with E-state index < -0.39 is 0 Å². The fourth-order valence-electron chi connectivity index (χ4n) is 8.25. The van der Waals surface area contributed by atoms with Gasteiger partial charge in [-0.25, -0.2) is 15.0 Å². The monoisotopic (exact) mass is 753 g/mol. The molecule has 0 aliphatic rings. The van der Waals surface area contributed by atoms with Crippen molar-refractivity contribution in [1.82, 2.24) is 15.0 Å². The number of aromatic nitrogens is 3. The maximum absolute atomic E-state index is 6.60. The van der Waals surface area contributed by atoms with Crippen molar-refractivity contribution in [2.75, 3.05) is 0 Å². The molecule has 0 aliphatic heterocycles. The van der Waals surface area contributed by atoms with Gasteiger partial charge >= 0.3 is 0 Å². The zero-order chi connectivity index (χ0) is 39.1. The van der Waals surface area contributed by atoms with Crippen molar-refractivity contribution in [2.45, 2.75) is 0 Å². The predicted molar refractivity (Wildman–Crippen MR) is 243 cm³/mol. The molecule has 4 nitrogen and oxygen atoms in total. The molecule has 0 saturated heterocycles.